The summed E-state index contributed by atoms with van der Waals surface area (Å²) in [6.07, 6.45) is 1.61. The van der Waals surface area contributed by atoms with Crippen molar-refractivity contribution in [2.45, 2.75) is 6.54 Å². The average molecular weight is 282 g/mol. The van der Waals surface area contributed by atoms with E-state index >= 15 is 0 Å². The lowest BCUT2D eigenvalue weighted by molar-refractivity contribution is 0.0788. The highest BCUT2D eigenvalue weighted by Gasteiger charge is 2.27. The first-order valence-electron chi connectivity index (χ1n) is 5.35. The van der Waals surface area contributed by atoms with Crippen LogP contribution in [-0.4, -0.2) is 27.4 Å². The van der Waals surface area contributed by atoms with Crippen LogP contribution in [0.4, 0.5) is 0 Å². The zero-order valence-corrected chi connectivity index (χ0v) is 11.0. The summed E-state index contributed by atoms with van der Waals surface area (Å²) in [6, 6.07) is 5.34. The zero-order chi connectivity index (χ0) is 12.9. The van der Waals surface area contributed by atoms with Crippen LogP contribution in [0.25, 0.3) is 5.69 Å². The van der Waals surface area contributed by atoms with Crippen LogP contribution in [-0.2, 0) is 6.54 Å². The maximum Gasteiger partial charge on any atom is 0.257 e. The van der Waals surface area contributed by atoms with Gasteiger partial charge in [-0.2, -0.15) is 0 Å². The Labute approximate surface area is 114 Å². The highest BCUT2D eigenvalue weighted by molar-refractivity contribution is 6.34. The summed E-state index contributed by atoms with van der Waals surface area (Å²) >= 11 is 12.2. The molecule has 4 nitrogen and oxygen atoms in total. The topological polar surface area (TPSA) is 38.1 Å². The minimum atomic E-state index is -0.115. The fourth-order valence-electron chi connectivity index (χ4n) is 2.11. The second-order valence-electron chi connectivity index (χ2n) is 4.15. The van der Waals surface area contributed by atoms with Crippen molar-refractivity contribution < 1.29 is 4.79 Å². The maximum atomic E-state index is 12.3. The Morgan fingerprint density at radius 3 is 2.89 bits per heavy atom. The van der Waals surface area contributed by atoms with E-state index in [2.05, 4.69) is 4.98 Å². The number of amides is 1. The number of rotatable bonds is 0. The summed E-state index contributed by atoms with van der Waals surface area (Å²) in [6.45, 7) is 0.405. The van der Waals surface area contributed by atoms with Gasteiger partial charge in [-0.3, -0.25) is 9.36 Å². The molecule has 1 amide bonds. The fourth-order valence-corrected chi connectivity index (χ4v) is 2.56. The quantitative estimate of drug-likeness (QED) is 0.745. The number of carbonyl (C=O) groups is 1. The van der Waals surface area contributed by atoms with Crippen LogP contribution in [0.2, 0.25) is 10.2 Å². The Hall–Kier alpha value is -1.52. The molecule has 2 aromatic rings. The molecule has 0 aliphatic carbocycles. The van der Waals surface area contributed by atoms with Crippen LogP contribution in [0.5, 0.6) is 0 Å². The molecule has 2 heterocycles. The molecule has 0 unspecified atom stereocenters. The number of imidazole rings is 1. The number of halogens is 2. The molecule has 0 saturated carbocycles. The number of aromatic nitrogens is 2. The van der Waals surface area contributed by atoms with Gasteiger partial charge in [0.25, 0.3) is 5.91 Å². The first-order chi connectivity index (χ1) is 8.59. The van der Waals surface area contributed by atoms with E-state index in [1.165, 1.54) is 0 Å². The Kier molecular flexibility index (Phi) is 2.57. The van der Waals surface area contributed by atoms with Crippen molar-refractivity contribution in [2.75, 3.05) is 7.05 Å². The van der Waals surface area contributed by atoms with Crippen LogP contribution in [0.1, 0.15) is 16.1 Å². The molecule has 3 rings (SSSR count). The van der Waals surface area contributed by atoms with Gasteiger partial charge in [0.05, 0.1) is 28.5 Å². The van der Waals surface area contributed by atoms with E-state index in [4.69, 9.17) is 23.2 Å². The van der Waals surface area contributed by atoms with E-state index < -0.39 is 0 Å². The van der Waals surface area contributed by atoms with E-state index in [9.17, 15) is 4.79 Å². The third-order valence-electron chi connectivity index (χ3n) is 3.01. The number of carbonyl (C=O) groups excluding carboxylic acids is 1. The SMILES string of the molecule is CN1Cc2c(Cl)ncn2-c2cccc(Cl)c2C1=O. The third-order valence-corrected chi connectivity index (χ3v) is 3.64. The molecule has 0 N–H and O–H groups in total. The lowest BCUT2D eigenvalue weighted by Gasteiger charge is -2.14. The van der Waals surface area contributed by atoms with Gasteiger partial charge < -0.3 is 4.90 Å². The maximum absolute atomic E-state index is 12.3. The first-order valence-corrected chi connectivity index (χ1v) is 6.11. The molecule has 92 valence electrons. The fraction of sp³-hybridized carbons (Fsp3) is 0.167. The predicted octanol–water partition coefficient (Wildman–Crippen LogP) is 2.76. The van der Waals surface area contributed by atoms with Crippen molar-refractivity contribution in [3.05, 3.63) is 46.0 Å². The smallest absolute Gasteiger partial charge is 0.257 e. The largest absolute Gasteiger partial charge is 0.336 e. The van der Waals surface area contributed by atoms with E-state index in [-0.39, 0.29) is 5.91 Å². The molecule has 1 aromatic carbocycles. The lowest BCUT2D eigenvalue weighted by atomic mass is 10.1. The summed E-state index contributed by atoms with van der Waals surface area (Å²) in [5, 5.41) is 0.837. The predicted molar refractivity (Wildman–Crippen MR) is 69.4 cm³/mol. The van der Waals surface area contributed by atoms with Gasteiger partial charge in [0.2, 0.25) is 0 Å². The number of fused-ring (bicyclic) bond motifs is 3. The average Bonchev–Trinajstić information content (AvgIpc) is 2.64. The van der Waals surface area contributed by atoms with Gasteiger partial charge in [0, 0.05) is 7.05 Å². The zero-order valence-electron chi connectivity index (χ0n) is 9.52. The lowest BCUT2D eigenvalue weighted by Crippen LogP contribution is -2.25. The molecule has 1 aliphatic rings. The van der Waals surface area contributed by atoms with Gasteiger partial charge in [-0.05, 0) is 12.1 Å². The molecule has 18 heavy (non-hydrogen) atoms. The highest BCUT2D eigenvalue weighted by atomic mass is 35.5. The molecule has 0 atom stereocenters. The van der Waals surface area contributed by atoms with Crippen molar-refractivity contribution in [3.8, 4) is 5.69 Å². The van der Waals surface area contributed by atoms with Crippen LogP contribution in [0.3, 0.4) is 0 Å². The summed E-state index contributed by atoms with van der Waals surface area (Å²) in [5.41, 5.74) is 1.98. The van der Waals surface area contributed by atoms with Crippen LogP contribution >= 0.6 is 23.2 Å². The van der Waals surface area contributed by atoms with Crippen molar-refractivity contribution >= 4 is 29.1 Å². The first kappa shape index (κ1) is 11.6. The summed E-state index contributed by atoms with van der Waals surface area (Å²) < 4.78 is 1.81. The van der Waals surface area contributed by atoms with Gasteiger partial charge in [-0.15, -0.1) is 0 Å². The number of hydrogen-bond acceptors (Lipinski definition) is 2. The number of benzene rings is 1. The highest BCUT2D eigenvalue weighted by Crippen LogP contribution is 2.31. The molecule has 0 spiro atoms. The van der Waals surface area contributed by atoms with Crippen molar-refractivity contribution in [2.24, 2.45) is 0 Å². The normalized spacial score (nSPS) is 14.2. The van der Waals surface area contributed by atoms with E-state index in [1.54, 1.807) is 30.4 Å². The van der Waals surface area contributed by atoms with Gasteiger partial charge in [0.15, 0.2) is 5.15 Å². The Bertz CT molecular complexity index is 651. The molecule has 6 heteroatoms. The van der Waals surface area contributed by atoms with Crippen LogP contribution in [0.15, 0.2) is 24.5 Å². The third kappa shape index (κ3) is 1.53. The molecule has 1 aliphatic heterocycles. The van der Waals surface area contributed by atoms with E-state index in [1.807, 2.05) is 10.6 Å². The van der Waals surface area contributed by atoms with Crippen molar-refractivity contribution in [1.82, 2.24) is 14.5 Å². The molecule has 0 radical (unpaired) electrons. The van der Waals surface area contributed by atoms with Crippen LogP contribution < -0.4 is 0 Å². The van der Waals surface area contributed by atoms with E-state index in [0.717, 1.165) is 5.69 Å². The van der Waals surface area contributed by atoms with Crippen molar-refractivity contribution in [3.63, 3.8) is 0 Å². The molecular formula is C12H9Cl2N3O. The number of nitrogens with zero attached hydrogens (tertiary/aromatic N) is 3. The van der Waals surface area contributed by atoms with Gasteiger partial charge >= 0.3 is 0 Å². The molecular weight excluding hydrogens is 273 g/mol. The molecule has 0 saturated heterocycles. The number of hydrogen-bond donors (Lipinski definition) is 0. The summed E-state index contributed by atoms with van der Waals surface area (Å²) in [4.78, 5) is 18.0. The summed E-state index contributed by atoms with van der Waals surface area (Å²) in [5.74, 6) is -0.115. The standard InChI is InChI=1S/C12H9Cl2N3O/c1-16-5-9-11(14)15-6-17(9)8-4-2-3-7(13)10(8)12(16)18/h2-4,6H,5H2,1H3. The molecule has 0 fully saturated rings. The van der Waals surface area contributed by atoms with Gasteiger partial charge in [-0.1, -0.05) is 29.3 Å². The Morgan fingerprint density at radius 2 is 2.11 bits per heavy atom. The monoisotopic (exact) mass is 281 g/mol. The Morgan fingerprint density at radius 1 is 1.33 bits per heavy atom. The second-order valence-corrected chi connectivity index (χ2v) is 4.91. The van der Waals surface area contributed by atoms with E-state index in [0.29, 0.717) is 28.0 Å². The molecule has 0 bridgehead atoms. The van der Waals surface area contributed by atoms with Crippen molar-refractivity contribution in [1.29, 1.82) is 0 Å². The second kappa shape index (κ2) is 4.00. The van der Waals surface area contributed by atoms with Crippen LogP contribution in [0, 0.1) is 0 Å². The minimum absolute atomic E-state index is 0.115. The van der Waals surface area contributed by atoms with Gasteiger partial charge in [0.1, 0.15) is 6.33 Å². The minimum Gasteiger partial charge on any atom is -0.336 e. The molecule has 1 aromatic heterocycles. The summed E-state index contributed by atoms with van der Waals surface area (Å²) in [7, 11) is 1.72. The van der Waals surface area contributed by atoms with Gasteiger partial charge in [-0.25, -0.2) is 4.98 Å². The Balaban J connectivity index is 2.37.